The van der Waals surface area contributed by atoms with Crippen LogP contribution in [0.1, 0.15) is 80.6 Å². The molecule has 11 heteroatoms. The van der Waals surface area contributed by atoms with Crippen LogP contribution in [0.2, 0.25) is 0 Å². The van der Waals surface area contributed by atoms with Gasteiger partial charge in [-0.05, 0) is 75.5 Å². The molecule has 0 aromatic rings. The number of carbonyl (C=O) groups excluding carboxylic acids is 1. The van der Waals surface area contributed by atoms with Crippen molar-refractivity contribution < 1.29 is 49.0 Å². The first-order valence-corrected chi connectivity index (χ1v) is 12.4. The summed E-state index contributed by atoms with van der Waals surface area (Å²) in [5.41, 5.74) is -7.72. The molecular weight excluding hydrogens is 503 g/mol. The lowest BCUT2D eigenvalue weighted by molar-refractivity contribution is -0.358. The number of carbonyl (C=O) groups is 1. The van der Waals surface area contributed by atoms with Crippen LogP contribution in [0.4, 0.5) is 39.5 Å². The number of ether oxygens (including phenoxy) is 1. The van der Waals surface area contributed by atoms with E-state index in [1.807, 2.05) is 13.8 Å². The summed E-state index contributed by atoms with van der Waals surface area (Å²) >= 11 is 0. The van der Waals surface area contributed by atoms with Gasteiger partial charge in [-0.3, -0.25) is 4.79 Å². The van der Waals surface area contributed by atoms with E-state index in [1.165, 1.54) is 6.92 Å². The SMILES string of the molecule is CC(C)CC(C)(C(=O)OC1CC(C2(C(F)(F)F)CC2C)CC(C(C)(C(F)(F)F)C(F)(F)F)C1)C(C)C. The molecule has 0 bridgehead atoms. The van der Waals surface area contributed by atoms with Crippen molar-refractivity contribution in [3.8, 4) is 0 Å². The molecule has 2 saturated carbocycles. The van der Waals surface area contributed by atoms with Gasteiger partial charge in [-0.15, -0.1) is 0 Å². The van der Waals surface area contributed by atoms with Gasteiger partial charge in [0.2, 0.25) is 0 Å². The molecule has 36 heavy (non-hydrogen) atoms. The quantitative estimate of drug-likeness (QED) is 0.238. The lowest BCUT2D eigenvalue weighted by atomic mass is 9.62. The maximum atomic E-state index is 14.1. The maximum Gasteiger partial charge on any atom is 0.403 e. The number of hydrogen-bond acceptors (Lipinski definition) is 2. The Bertz CT molecular complexity index is 785. The Hall–Kier alpha value is -1.16. The monoisotopic (exact) mass is 540 g/mol. The third kappa shape index (κ3) is 5.22. The molecule has 0 saturated heterocycles. The smallest absolute Gasteiger partial charge is 0.403 e. The molecule has 6 unspecified atom stereocenters. The minimum atomic E-state index is -5.75. The molecule has 0 aromatic carbocycles. The van der Waals surface area contributed by atoms with Crippen molar-refractivity contribution in [1.29, 1.82) is 0 Å². The predicted molar refractivity (Wildman–Crippen MR) is 116 cm³/mol. The number of esters is 1. The average molecular weight is 541 g/mol. The van der Waals surface area contributed by atoms with Gasteiger partial charge in [-0.1, -0.05) is 34.6 Å². The Morgan fingerprint density at radius 3 is 1.69 bits per heavy atom. The Morgan fingerprint density at radius 1 is 0.889 bits per heavy atom. The van der Waals surface area contributed by atoms with Crippen LogP contribution in [-0.2, 0) is 9.53 Å². The van der Waals surface area contributed by atoms with E-state index in [0.29, 0.717) is 6.42 Å². The van der Waals surface area contributed by atoms with E-state index < -0.39 is 83.9 Å². The van der Waals surface area contributed by atoms with Crippen molar-refractivity contribution in [3.05, 3.63) is 0 Å². The van der Waals surface area contributed by atoms with Gasteiger partial charge in [-0.25, -0.2) is 0 Å². The van der Waals surface area contributed by atoms with Gasteiger partial charge in [0.05, 0.1) is 10.8 Å². The molecule has 0 spiro atoms. The summed E-state index contributed by atoms with van der Waals surface area (Å²) in [4.78, 5) is 13.2. The standard InChI is InChI=1S/C25H37F9O2/c1-13(2)11-20(6,14(3)4)19(35)36-18-9-16(21(7,23(26,27)28)24(29,30)31)8-17(10-18)22(12-15(22)5)25(32,33)34/h13-18H,8-12H2,1-7H3. The normalized spacial score (nSPS) is 31.9. The lowest BCUT2D eigenvalue weighted by Crippen LogP contribution is -2.56. The van der Waals surface area contributed by atoms with Crippen LogP contribution in [0.15, 0.2) is 0 Å². The van der Waals surface area contributed by atoms with Crippen LogP contribution in [0.5, 0.6) is 0 Å². The summed E-state index contributed by atoms with van der Waals surface area (Å²) in [6.45, 7) is 10.1. The highest BCUT2D eigenvalue weighted by atomic mass is 19.4. The summed E-state index contributed by atoms with van der Waals surface area (Å²) in [5.74, 6) is -5.75. The van der Waals surface area contributed by atoms with Gasteiger partial charge in [-0.2, -0.15) is 39.5 Å². The molecule has 6 atom stereocenters. The fourth-order valence-corrected chi connectivity index (χ4v) is 6.21. The van der Waals surface area contributed by atoms with Gasteiger partial charge in [0.25, 0.3) is 0 Å². The van der Waals surface area contributed by atoms with Gasteiger partial charge < -0.3 is 4.74 Å². The molecule has 0 amide bonds. The number of alkyl halides is 9. The molecule has 2 rings (SSSR count). The van der Waals surface area contributed by atoms with Gasteiger partial charge in [0.1, 0.15) is 6.10 Å². The van der Waals surface area contributed by atoms with Crippen LogP contribution in [0.3, 0.4) is 0 Å². The summed E-state index contributed by atoms with van der Waals surface area (Å²) in [5, 5.41) is 0. The van der Waals surface area contributed by atoms with E-state index in [-0.39, 0.29) is 25.2 Å². The van der Waals surface area contributed by atoms with Crippen molar-refractivity contribution in [2.45, 2.75) is 105 Å². The molecule has 2 aliphatic carbocycles. The van der Waals surface area contributed by atoms with Crippen LogP contribution >= 0.6 is 0 Å². The highest BCUT2D eigenvalue weighted by Gasteiger charge is 2.76. The van der Waals surface area contributed by atoms with E-state index in [2.05, 4.69) is 0 Å². The van der Waals surface area contributed by atoms with Crippen molar-refractivity contribution in [3.63, 3.8) is 0 Å². The summed E-state index contributed by atoms with van der Waals surface area (Å²) in [6.07, 6.45) is -20.0. The fourth-order valence-electron chi connectivity index (χ4n) is 6.21. The maximum absolute atomic E-state index is 14.1. The largest absolute Gasteiger partial charge is 0.462 e. The van der Waals surface area contributed by atoms with E-state index in [9.17, 15) is 44.3 Å². The molecule has 0 aliphatic heterocycles. The fraction of sp³-hybridized carbons (Fsp3) is 0.960. The first-order chi connectivity index (χ1) is 15.9. The third-order valence-corrected chi connectivity index (χ3v) is 9.12. The van der Waals surface area contributed by atoms with Crippen LogP contribution in [-0.4, -0.2) is 30.6 Å². The highest BCUT2D eigenvalue weighted by Crippen LogP contribution is 2.71. The zero-order valence-electron chi connectivity index (χ0n) is 21.7. The number of hydrogen-bond donors (Lipinski definition) is 0. The first-order valence-electron chi connectivity index (χ1n) is 12.4. The average Bonchev–Trinajstić information content (AvgIpc) is 3.37. The second kappa shape index (κ2) is 9.54. The van der Waals surface area contributed by atoms with Gasteiger partial charge in [0, 0.05) is 0 Å². The van der Waals surface area contributed by atoms with E-state index in [4.69, 9.17) is 4.74 Å². The zero-order chi connectivity index (χ0) is 28.3. The Labute approximate surface area is 206 Å². The molecule has 0 radical (unpaired) electrons. The second-order valence-corrected chi connectivity index (χ2v) is 12.1. The Morgan fingerprint density at radius 2 is 1.36 bits per heavy atom. The Balaban J connectivity index is 2.52. The minimum Gasteiger partial charge on any atom is -0.462 e. The van der Waals surface area contributed by atoms with Crippen LogP contribution < -0.4 is 0 Å². The lowest BCUT2D eigenvalue weighted by Gasteiger charge is -2.48. The summed E-state index contributed by atoms with van der Waals surface area (Å²) in [7, 11) is 0. The van der Waals surface area contributed by atoms with Crippen molar-refractivity contribution in [2.24, 2.45) is 45.8 Å². The van der Waals surface area contributed by atoms with E-state index >= 15 is 0 Å². The third-order valence-electron chi connectivity index (χ3n) is 9.12. The van der Waals surface area contributed by atoms with Crippen LogP contribution in [0, 0.1) is 45.8 Å². The predicted octanol–water partition coefficient (Wildman–Crippen LogP) is 8.74. The zero-order valence-corrected chi connectivity index (χ0v) is 21.7. The van der Waals surface area contributed by atoms with E-state index in [0.717, 1.165) is 0 Å². The molecule has 0 N–H and O–H groups in total. The number of rotatable bonds is 7. The second-order valence-electron chi connectivity index (χ2n) is 12.1. The molecule has 2 aliphatic rings. The Kier molecular flexibility index (Phi) is 8.23. The van der Waals surface area contributed by atoms with Gasteiger partial charge in [0.15, 0.2) is 5.41 Å². The molecule has 2 nitrogen and oxygen atoms in total. The van der Waals surface area contributed by atoms with Gasteiger partial charge >= 0.3 is 24.5 Å². The molecule has 0 aromatic heterocycles. The molecule has 2 fully saturated rings. The molecular formula is C25H37F9O2. The highest BCUT2D eigenvalue weighted by molar-refractivity contribution is 5.77. The molecule has 212 valence electrons. The van der Waals surface area contributed by atoms with Crippen molar-refractivity contribution in [2.75, 3.05) is 0 Å². The topological polar surface area (TPSA) is 26.3 Å². The number of halogens is 9. The van der Waals surface area contributed by atoms with Crippen LogP contribution in [0.25, 0.3) is 0 Å². The van der Waals surface area contributed by atoms with E-state index in [1.54, 1.807) is 20.8 Å². The minimum absolute atomic E-state index is 0.00646. The molecule has 0 heterocycles. The summed E-state index contributed by atoms with van der Waals surface area (Å²) < 4.78 is 131. The van der Waals surface area contributed by atoms with Crippen molar-refractivity contribution in [1.82, 2.24) is 0 Å². The summed E-state index contributed by atoms with van der Waals surface area (Å²) in [6, 6.07) is 0. The first kappa shape index (κ1) is 31.1. The van der Waals surface area contributed by atoms with Crippen molar-refractivity contribution >= 4 is 5.97 Å².